The van der Waals surface area contributed by atoms with E-state index in [-0.39, 0.29) is 48.9 Å². The first-order valence-electron chi connectivity index (χ1n) is 25.8. The van der Waals surface area contributed by atoms with Crippen molar-refractivity contribution in [1.29, 1.82) is 0 Å². The van der Waals surface area contributed by atoms with Crippen LogP contribution in [0.3, 0.4) is 0 Å². The summed E-state index contributed by atoms with van der Waals surface area (Å²) in [7, 11) is 0. The van der Waals surface area contributed by atoms with Gasteiger partial charge in [0.1, 0.15) is 68.8 Å². The average Bonchev–Trinajstić information content (AvgIpc) is 3.41. The number of aliphatic hydroxyl groups excluding tert-OH is 11. The van der Waals surface area contributed by atoms with E-state index in [9.17, 15) is 104 Å². The van der Waals surface area contributed by atoms with Gasteiger partial charge in [0.25, 0.3) is 0 Å². The summed E-state index contributed by atoms with van der Waals surface area (Å²) in [6, 6.07) is 0. The number of rotatable bonds is 39. The van der Waals surface area contributed by atoms with Gasteiger partial charge in [-0.05, 0) is 190 Å². The lowest BCUT2D eigenvalue weighted by molar-refractivity contribution is -0.141. The number of carbonyl (C=O) groups is 10. The Morgan fingerprint density at radius 3 is 1.26 bits per heavy atom. The van der Waals surface area contributed by atoms with Crippen LogP contribution in [0.15, 0.2) is 232 Å². The summed E-state index contributed by atoms with van der Waals surface area (Å²) in [6.07, 6.45) is 11.9. The Bertz CT molecular complexity index is 3080. The molecule has 0 bridgehead atoms. The van der Waals surface area contributed by atoms with Crippen molar-refractivity contribution in [2.45, 2.75) is 75.2 Å². The molecular weight excluding hydrogens is 1130 g/mol. The van der Waals surface area contributed by atoms with Crippen molar-refractivity contribution in [1.82, 2.24) is 0 Å². The molecule has 0 rings (SSSR count). The van der Waals surface area contributed by atoms with Gasteiger partial charge in [0.15, 0.2) is 0 Å². The predicted molar refractivity (Wildman–Crippen MR) is 318 cm³/mol. The number of hydrogen-bond acceptors (Lipinski definition) is 22. The lowest BCUT2D eigenvalue weighted by Gasteiger charge is -2.25. The molecule has 0 fully saturated rings. The van der Waals surface area contributed by atoms with Gasteiger partial charge >= 0.3 is 5.97 Å². The van der Waals surface area contributed by atoms with E-state index in [1.165, 1.54) is 6.92 Å². The van der Waals surface area contributed by atoms with Gasteiger partial charge in [0.05, 0.1) is 61.4 Å². The first-order valence-corrected chi connectivity index (χ1v) is 25.8. The van der Waals surface area contributed by atoms with Gasteiger partial charge in [-0.1, -0.05) is 56.0 Å². The summed E-state index contributed by atoms with van der Waals surface area (Å²) < 4.78 is 4.87. The molecule has 0 saturated carbocycles. The average molecular weight is 1200 g/mol. The van der Waals surface area contributed by atoms with Crippen LogP contribution < -0.4 is 0 Å². The largest absolute Gasteiger partial charge is 0.495 e. The van der Waals surface area contributed by atoms with Gasteiger partial charge in [-0.2, -0.15) is 0 Å². The molecule has 0 aliphatic heterocycles. The summed E-state index contributed by atoms with van der Waals surface area (Å²) >= 11 is 0. The van der Waals surface area contributed by atoms with Gasteiger partial charge in [-0.25, -0.2) is 0 Å². The van der Waals surface area contributed by atoms with Crippen LogP contribution in [0.4, 0.5) is 0 Å². The molecule has 0 aromatic carbocycles. The van der Waals surface area contributed by atoms with Gasteiger partial charge in [0.2, 0.25) is 5.76 Å². The maximum absolute atomic E-state index is 12.8. The standard InChI is InChI=1S/C65H68O22/c1-3-45(2)65(86)87-36-25-51(76)22-23-60(81)59(44-64(85)57(48(15-6-28-68)38-53(78)19-10-32-72)42-62(83)49(16-7-29-69)39-54(79)20-11-33-73)58(43-63(84)50(17-8-30-70)40-55(80)21-12-34-74)56(41-61(82)46(24-35-75)13-4-26-66)47(14-5-27-67)37-52(77)18-9-31-71/h4-21,23-24,26-34,37-45,52-55,60-64,75-85H,3,35H2,1-2H3/b13-4+,14-5+,15-6+,16-7+,17-8+,18-9+,19-10+,20-11+,21-12+,46-24-,47-37+,48-38+,49-39+,50-40+,56-41+,57-42+,58-43+,59-44-. The lowest BCUT2D eigenvalue weighted by atomic mass is 9.83. The molecule has 0 radical (unpaired) electrons. The van der Waals surface area contributed by atoms with E-state index in [1.54, 1.807) is 6.92 Å². The third-order valence-electron chi connectivity index (χ3n) is 11.1. The fraction of sp³-hybridized carbons (Fsp3) is 0.215. The lowest BCUT2D eigenvalue weighted by Crippen LogP contribution is -2.21. The molecule has 0 heterocycles. The highest BCUT2D eigenvalue weighted by Gasteiger charge is 2.27. The number of allylic oxidation sites excluding steroid dienone is 13. The zero-order chi connectivity index (χ0) is 65.5. The van der Waals surface area contributed by atoms with Crippen LogP contribution >= 0.6 is 0 Å². The van der Waals surface area contributed by atoms with Gasteiger partial charge in [-0.15, -0.1) is 0 Å². The van der Waals surface area contributed by atoms with E-state index >= 15 is 0 Å². The van der Waals surface area contributed by atoms with Crippen LogP contribution in [-0.2, 0) is 52.7 Å². The van der Waals surface area contributed by atoms with Crippen LogP contribution in [0.1, 0.15) is 20.3 Å². The summed E-state index contributed by atoms with van der Waals surface area (Å²) in [6.45, 7) is 2.42. The number of ether oxygens (including phenoxy) is 1. The van der Waals surface area contributed by atoms with Crippen LogP contribution in [-0.4, -0.2) is 180 Å². The third kappa shape index (κ3) is 32.2. The molecule has 0 amide bonds. The van der Waals surface area contributed by atoms with Crippen molar-refractivity contribution in [3.8, 4) is 12.0 Å². The first kappa shape index (κ1) is 77.3. The molecule has 11 N–H and O–H groups in total. The molecule has 0 aliphatic carbocycles. The second kappa shape index (κ2) is 46.7. The number of aliphatic hydroxyl groups is 11. The molecule has 0 saturated heterocycles. The van der Waals surface area contributed by atoms with E-state index in [2.05, 4.69) is 11.7 Å². The highest BCUT2D eigenvalue weighted by molar-refractivity contribution is 5.74. The normalized spacial score (nSPS) is 17.4. The minimum Gasteiger partial charge on any atom is -0.495 e. The Labute approximate surface area is 501 Å². The number of carbonyl (C=O) groups excluding carboxylic acids is 10. The van der Waals surface area contributed by atoms with Crippen molar-refractivity contribution < 1.29 is 109 Å². The third-order valence-corrected chi connectivity index (χ3v) is 11.1. The zero-order valence-corrected chi connectivity index (χ0v) is 47.0. The Balaban J connectivity index is 10.9. The van der Waals surface area contributed by atoms with Gasteiger partial charge < -0.3 is 60.9 Å². The summed E-state index contributed by atoms with van der Waals surface area (Å²) in [5.74, 6) is -0.383. The van der Waals surface area contributed by atoms with Crippen molar-refractivity contribution in [3.63, 3.8) is 0 Å². The highest BCUT2D eigenvalue weighted by atomic mass is 16.5. The summed E-state index contributed by atoms with van der Waals surface area (Å²) in [4.78, 5) is 116. The van der Waals surface area contributed by atoms with Gasteiger partial charge in [-0.3, -0.25) is 47.9 Å². The summed E-state index contributed by atoms with van der Waals surface area (Å²) in [5.41, 5.74) is -2.10. The van der Waals surface area contributed by atoms with Crippen molar-refractivity contribution >= 4 is 62.5 Å². The molecule has 460 valence electrons. The topological polar surface area (TPSA) is 402 Å². The van der Waals surface area contributed by atoms with E-state index in [4.69, 9.17) is 4.74 Å². The fourth-order valence-electron chi connectivity index (χ4n) is 6.85. The Kier molecular flexibility index (Phi) is 41.4. The smallest absolute Gasteiger partial charge is 0.322 e. The van der Waals surface area contributed by atoms with Crippen LogP contribution in [0.5, 0.6) is 0 Å². The van der Waals surface area contributed by atoms with E-state index in [0.29, 0.717) is 31.4 Å². The predicted octanol–water partition coefficient (Wildman–Crippen LogP) is 1.51. The molecule has 22 heteroatoms. The Morgan fingerprint density at radius 1 is 0.437 bits per heavy atom. The molecule has 10 unspecified atom stereocenters. The SMILES string of the molecule is CCC(C)C(=O)OC#CC(O)=C=CC(O)C(=C\C(O)C(=C/C(O)C(/C=C/C=O)=C/C(O)/C=C/C=O)/C(/C=C/C=O)=C/C(O)/C=C/C=O)/C(=C/C(O)C(/C=C/C=O)=C/C(O)/C=C/C=O)C(=C/C(O)C(=C\CO)/C=C/C=O)/C(/C=C/C=O)=C/C(O)/C=C/C=O. The van der Waals surface area contributed by atoms with Gasteiger partial charge in [0, 0.05) is 5.92 Å². The van der Waals surface area contributed by atoms with Crippen molar-refractivity contribution in [2.75, 3.05) is 6.61 Å². The van der Waals surface area contributed by atoms with E-state index in [0.717, 1.165) is 164 Å². The maximum Gasteiger partial charge on any atom is 0.322 e. The van der Waals surface area contributed by atoms with Crippen LogP contribution in [0.2, 0.25) is 0 Å². The molecule has 0 spiro atoms. The summed E-state index contributed by atoms with van der Waals surface area (Å²) in [5, 5.41) is 126. The maximum atomic E-state index is 12.8. The Morgan fingerprint density at radius 2 is 0.816 bits per heavy atom. The van der Waals surface area contributed by atoms with Crippen LogP contribution in [0, 0.1) is 17.9 Å². The number of hydrogen-bond donors (Lipinski definition) is 11. The minimum atomic E-state index is -2.40. The second-order valence-electron chi connectivity index (χ2n) is 17.2. The second-order valence-corrected chi connectivity index (χ2v) is 17.2. The fourth-order valence-corrected chi connectivity index (χ4v) is 6.85. The molecule has 0 aromatic heterocycles. The molecular formula is C65H68O22. The highest BCUT2D eigenvalue weighted by Crippen LogP contribution is 2.35. The number of esters is 1. The molecule has 0 aliphatic rings. The minimum absolute atomic E-state index is 0.232. The molecule has 22 nitrogen and oxygen atoms in total. The van der Waals surface area contributed by atoms with Crippen LogP contribution in [0.25, 0.3) is 0 Å². The number of aldehydes is 9. The zero-order valence-electron chi connectivity index (χ0n) is 47.0. The first-order chi connectivity index (χ1) is 41.7. The monoisotopic (exact) mass is 1200 g/mol. The van der Waals surface area contributed by atoms with Crippen molar-refractivity contribution in [2.24, 2.45) is 5.92 Å². The molecule has 10 atom stereocenters. The van der Waals surface area contributed by atoms with E-state index in [1.807, 2.05) is 6.11 Å². The Hall–Kier alpha value is -9.70. The quantitative estimate of drug-likeness (QED) is 0.00790. The molecule has 0 aromatic rings. The van der Waals surface area contributed by atoms with E-state index < -0.39 is 118 Å². The molecule has 87 heavy (non-hydrogen) atoms. The van der Waals surface area contributed by atoms with Crippen molar-refractivity contribution in [3.05, 3.63) is 232 Å².